The maximum absolute atomic E-state index is 14.9. The van der Waals surface area contributed by atoms with Crippen molar-refractivity contribution >= 4 is 28.5 Å². The fourth-order valence-corrected chi connectivity index (χ4v) is 4.14. The van der Waals surface area contributed by atoms with Crippen molar-refractivity contribution in [2.45, 2.75) is 20.4 Å². The number of nitrogens with zero attached hydrogens (tertiary/aromatic N) is 6. The van der Waals surface area contributed by atoms with E-state index in [9.17, 15) is 13.6 Å². The van der Waals surface area contributed by atoms with E-state index in [1.165, 1.54) is 15.8 Å². The Morgan fingerprint density at radius 2 is 1.72 bits per heavy atom. The molecule has 0 atom stereocenters. The van der Waals surface area contributed by atoms with E-state index in [1.54, 1.807) is 56.6 Å². The number of carbonyl (C=O) groups is 1. The number of rotatable bonds is 8. The molecule has 39 heavy (non-hydrogen) atoms. The molecular weight excluding hydrogens is 506 g/mol. The van der Waals surface area contributed by atoms with Crippen LogP contribution in [0.5, 0.6) is 5.75 Å². The van der Waals surface area contributed by atoms with Gasteiger partial charge in [0.05, 0.1) is 31.0 Å². The molecule has 0 N–H and O–H groups in total. The molecule has 3 heterocycles. The molecule has 0 fully saturated rings. The Hall–Kier alpha value is -4.93. The molecule has 0 aliphatic rings. The van der Waals surface area contributed by atoms with E-state index in [-0.39, 0.29) is 36.1 Å². The van der Waals surface area contributed by atoms with Crippen molar-refractivity contribution in [3.63, 3.8) is 0 Å². The lowest BCUT2D eigenvalue weighted by Crippen LogP contribution is -2.27. The molecule has 3 aromatic heterocycles. The van der Waals surface area contributed by atoms with Crippen LogP contribution in [-0.4, -0.2) is 44.0 Å². The number of carbonyl (C=O) groups excluding carboxylic acids is 1. The molecule has 9 nitrogen and oxygen atoms in total. The van der Waals surface area contributed by atoms with Crippen LogP contribution in [0, 0.1) is 11.6 Å². The Balaban J connectivity index is 1.57. The lowest BCUT2D eigenvalue weighted by Gasteiger charge is -2.20. The van der Waals surface area contributed by atoms with Gasteiger partial charge in [-0.25, -0.2) is 28.4 Å². The highest BCUT2D eigenvalue weighted by Crippen LogP contribution is 2.30. The molecule has 11 heteroatoms. The lowest BCUT2D eigenvalue weighted by atomic mass is 10.1. The number of hydrogen-bond donors (Lipinski definition) is 0. The van der Waals surface area contributed by atoms with Gasteiger partial charge in [-0.2, -0.15) is 5.10 Å². The van der Waals surface area contributed by atoms with Crippen LogP contribution in [0.15, 0.2) is 73.2 Å². The number of aromatic nitrogens is 5. The van der Waals surface area contributed by atoms with E-state index in [1.807, 2.05) is 12.1 Å². The van der Waals surface area contributed by atoms with Gasteiger partial charge in [0.25, 0.3) is 0 Å². The van der Waals surface area contributed by atoms with Crippen molar-refractivity contribution in [3.8, 4) is 17.3 Å². The Bertz CT molecular complexity index is 1600. The van der Waals surface area contributed by atoms with Gasteiger partial charge < -0.3 is 9.47 Å². The summed E-state index contributed by atoms with van der Waals surface area (Å²) in [6.07, 6.45) is 3.99. The molecular formula is C28H24F2N6O3. The second kappa shape index (κ2) is 11.2. The second-order valence-corrected chi connectivity index (χ2v) is 8.30. The second-order valence-electron chi connectivity index (χ2n) is 8.30. The molecule has 5 aromatic rings. The predicted octanol–water partition coefficient (Wildman–Crippen LogP) is 5.91. The molecule has 0 bridgehead atoms. The van der Waals surface area contributed by atoms with E-state index in [0.717, 1.165) is 12.1 Å². The van der Waals surface area contributed by atoms with E-state index >= 15 is 0 Å². The smallest absolute Gasteiger partial charge is 0.420 e. The fraction of sp³-hybridized carbons (Fsp3) is 0.179. The van der Waals surface area contributed by atoms with E-state index in [0.29, 0.717) is 28.9 Å². The first-order valence-electron chi connectivity index (χ1n) is 12.3. The normalized spacial score (nSPS) is 11.0. The van der Waals surface area contributed by atoms with Gasteiger partial charge in [-0.05, 0) is 38.1 Å². The third-order valence-electron chi connectivity index (χ3n) is 5.84. The van der Waals surface area contributed by atoms with Crippen molar-refractivity contribution in [2.75, 3.05) is 18.1 Å². The Kier molecular flexibility index (Phi) is 7.39. The Morgan fingerprint density at radius 3 is 2.44 bits per heavy atom. The zero-order valence-corrected chi connectivity index (χ0v) is 21.2. The first-order chi connectivity index (χ1) is 19.0. The first kappa shape index (κ1) is 25.7. The monoisotopic (exact) mass is 530 g/mol. The molecule has 1 amide bonds. The topological polar surface area (TPSA) is 95.3 Å². The number of anilines is 2. The quantitative estimate of drug-likeness (QED) is 0.246. The van der Waals surface area contributed by atoms with Crippen molar-refractivity contribution < 1.29 is 23.0 Å². The van der Waals surface area contributed by atoms with Gasteiger partial charge in [0.2, 0.25) is 0 Å². The number of para-hydroxylation sites is 1. The average molecular weight is 531 g/mol. The maximum Gasteiger partial charge on any atom is 0.420 e. The van der Waals surface area contributed by atoms with Gasteiger partial charge in [0.15, 0.2) is 5.82 Å². The minimum absolute atomic E-state index is 0.118. The molecule has 0 aliphatic carbocycles. The van der Waals surface area contributed by atoms with Crippen LogP contribution in [-0.2, 0) is 11.3 Å². The van der Waals surface area contributed by atoms with Crippen LogP contribution in [0.1, 0.15) is 19.4 Å². The molecule has 0 spiro atoms. The summed E-state index contributed by atoms with van der Waals surface area (Å²) in [4.78, 5) is 27.2. The SMILES string of the molecule is CCOC(=O)N(c1ccncc1)c1ccnc(-c2nn(Cc3c(F)cc(OCC)cc3F)c3ccccc23)n1. The van der Waals surface area contributed by atoms with Gasteiger partial charge in [-0.1, -0.05) is 18.2 Å². The first-order valence-corrected chi connectivity index (χ1v) is 12.3. The van der Waals surface area contributed by atoms with E-state index in [2.05, 4.69) is 20.1 Å². The van der Waals surface area contributed by atoms with Crippen LogP contribution in [0.4, 0.5) is 25.1 Å². The summed E-state index contributed by atoms with van der Waals surface area (Å²) in [5.41, 5.74) is 1.37. The minimum atomic E-state index is -0.736. The summed E-state index contributed by atoms with van der Waals surface area (Å²) in [7, 11) is 0. The summed E-state index contributed by atoms with van der Waals surface area (Å²) in [5.74, 6) is -0.876. The van der Waals surface area contributed by atoms with Gasteiger partial charge in [-0.15, -0.1) is 0 Å². The van der Waals surface area contributed by atoms with E-state index < -0.39 is 17.7 Å². The number of pyridine rings is 1. The minimum Gasteiger partial charge on any atom is -0.494 e. The maximum atomic E-state index is 14.9. The fourth-order valence-electron chi connectivity index (χ4n) is 4.14. The van der Waals surface area contributed by atoms with Gasteiger partial charge in [-0.3, -0.25) is 9.67 Å². The molecule has 0 unspecified atom stereocenters. The summed E-state index contributed by atoms with van der Waals surface area (Å²) in [6.45, 7) is 3.74. The molecule has 2 aromatic carbocycles. The van der Waals surface area contributed by atoms with Gasteiger partial charge >= 0.3 is 6.09 Å². The standard InChI is InChI=1S/C28H24F2N6O3/c1-3-38-19-15-22(29)21(23(30)16-19)17-35-24-8-6-5-7-20(24)26(34-35)27-32-14-11-25(33-27)36(28(37)39-4-2)18-9-12-31-13-10-18/h5-16H,3-4,17H2,1-2H3. The van der Waals surface area contributed by atoms with Crippen molar-refractivity contribution in [2.24, 2.45) is 0 Å². The molecule has 198 valence electrons. The zero-order chi connectivity index (χ0) is 27.4. The highest BCUT2D eigenvalue weighted by Gasteiger charge is 2.23. The van der Waals surface area contributed by atoms with Crippen LogP contribution >= 0.6 is 0 Å². The number of ether oxygens (including phenoxy) is 2. The molecule has 5 rings (SSSR count). The Morgan fingerprint density at radius 1 is 0.974 bits per heavy atom. The lowest BCUT2D eigenvalue weighted by molar-refractivity contribution is 0.162. The van der Waals surface area contributed by atoms with Crippen LogP contribution < -0.4 is 9.64 Å². The molecule has 0 saturated heterocycles. The van der Waals surface area contributed by atoms with E-state index in [4.69, 9.17) is 9.47 Å². The summed E-state index contributed by atoms with van der Waals surface area (Å²) in [5, 5.41) is 5.31. The highest BCUT2D eigenvalue weighted by molar-refractivity contribution is 5.96. The number of halogens is 2. The number of fused-ring (bicyclic) bond motifs is 1. The van der Waals surface area contributed by atoms with Crippen LogP contribution in [0.2, 0.25) is 0 Å². The third kappa shape index (κ3) is 5.24. The summed E-state index contributed by atoms with van der Waals surface area (Å²) >= 11 is 0. The van der Waals surface area contributed by atoms with Crippen LogP contribution in [0.25, 0.3) is 22.4 Å². The summed E-state index contributed by atoms with van der Waals surface area (Å²) < 4.78 is 41.7. The number of benzene rings is 2. The molecule has 0 saturated carbocycles. The number of hydrogen-bond acceptors (Lipinski definition) is 7. The zero-order valence-electron chi connectivity index (χ0n) is 21.2. The van der Waals surface area contributed by atoms with Crippen molar-refractivity contribution in [3.05, 3.63) is 90.4 Å². The van der Waals surface area contributed by atoms with Crippen molar-refractivity contribution in [1.82, 2.24) is 24.7 Å². The van der Waals surface area contributed by atoms with Crippen molar-refractivity contribution in [1.29, 1.82) is 0 Å². The third-order valence-corrected chi connectivity index (χ3v) is 5.84. The Labute approximate surface area is 222 Å². The molecule has 0 aliphatic heterocycles. The summed E-state index contributed by atoms with van der Waals surface area (Å²) in [6, 6.07) is 14.4. The van der Waals surface area contributed by atoms with Crippen LogP contribution in [0.3, 0.4) is 0 Å². The highest BCUT2D eigenvalue weighted by atomic mass is 19.1. The van der Waals surface area contributed by atoms with Gasteiger partial charge in [0, 0.05) is 41.7 Å². The van der Waals surface area contributed by atoms with Gasteiger partial charge in [0.1, 0.15) is 28.9 Å². The molecule has 0 radical (unpaired) electrons. The largest absolute Gasteiger partial charge is 0.494 e. The number of amides is 1. The predicted molar refractivity (Wildman–Crippen MR) is 141 cm³/mol. The average Bonchev–Trinajstić information content (AvgIpc) is 3.30.